The van der Waals surface area contributed by atoms with Gasteiger partial charge in [0, 0.05) is 6.07 Å². The Bertz CT molecular complexity index is 900. The number of para-hydroxylation sites is 2. The van der Waals surface area contributed by atoms with Gasteiger partial charge in [-0.2, -0.15) is 0 Å². The summed E-state index contributed by atoms with van der Waals surface area (Å²) in [4.78, 5) is 13.7. The van der Waals surface area contributed by atoms with E-state index in [9.17, 15) is 13.2 Å². The van der Waals surface area contributed by atoms with E-state index in [2.05, 4.69) is 5.43 Å². The monoisotopic (exact) mass is 396 g/mol. The summed E-state index contributed by atoms with van der Waals surface area (Å²) in [5, 5.41) is 0. The molecule has 0 atom stereocenters. The number of carbonyl (C=O) groups is 1. The van der Waals surface area contributed by atoms with Crippen molar-refractivity contribution in [3.05, 3.63) is 42.5 Å². The first kappa shape index (κ1) is 20.3. The summed E-state index contributed by atoms with van der Waals surface area (Å²) in [7, 11) is 0.116. The maximum absolute atomic E-state index is 12.4. The first-order chi connectivity index (χ1) is 12.9. The van der Waals surface area contributed by atoms with Crippen LogP contribution in [0.3, 0.4) is 0 Å². The number of ether oxygens (including phenoxy) is 4. The van der Waals surface area contributed by atoms with Crippen molar-refractivity contribution < 1.29 is 32.2 Å². The fraction of sp³-hybridized carbons (Fsp3) is 0.235. The SMILES string of the molecule is COc1ccc(OC)c(S(=O)(=O)NNC(=O)COc2ccccc2OC)c1. The minimum atomic E-state index is -4.09. The van der Waals surface area contributed by atoms with Crippen LogP contribution in [0.25, 0.3) is 0 Å². The summed E-state index contributed by atoms with van der Waals surface area (Å²) in [6.07, 6.45) is 0. The molecule has 0 aromatic heterocycles. The van der Waals surface area contributed by atoms with Crippen molar-refractivity contribution in [3.8, 4) is 23.0 Å². The molecule has 0 aliphatic rings. The third-order valence-electron chi connectivity index (χ3n) is 3.41. The molecule has 0 heterocycles. The summed E-state index contributed by atoms with van der Waals surface area (Å²) >= 11 is 0. The number of hydrazine groups is 1. The van der Waals surface area contributed by atoms with Gasteiger partial charge < -0.3 is 18.9 Å². The Morgan fingerprint density at radius 2 is 1.59 bits per heavy atom. The zero-order valence-corrected chi connectivity index (χ0v) is 15.8. The van der Waals surface area contributed by atoms with Gasteiger partial charge >= 0.3 is 0 Å². The molecular formula is C17H20N2O7S. The molecule has 27 heavy (non-hydrogen) atoms. The number of hydrogen-bond acceptors (Lipinski definition) is 7. The second-order valence-electron chi connectivity index (χ2n) is 5.11. The molecule has 0 fully saturated rings. The predicted octanol–water partition coefficient (Wildman–Crippen LogP) is 1.10. The van der Waals surface area contributed by atoms with Crippen molar-refractivity contribution in [1.82, 2.24) is 10.3 Å². The third-order valence-corrected chi connectivity index (χ3v) is 4.68. The molecule has 0 saturated heterocycles. The van der Waals surface area contributed by atoms with Crippen LogP contribution < -0.4 is 29.2 Å². The maximum Gasteiger partial charge on any atom is 0.272 e. The van der Waals surface area contributed by atoms with Crippen LogP contribution >= 0.6 is 0 Å². The van der Waals surface area contributed by atoms with Gasteiger partial charge in [-0.15, -0.1) is 4.83 Å². The normalized spacial score (nSPS) is 10.8. The Labute approximate surface area is 157 Å². The fourth-order valence-corrected chi connectivity index (χ4v) is 3.14. The number of carbonyl (C=O) groups excluding carboxylic acids is 1. The van der Waals surface area contributed by atoms with Crippen molar-refractivity contribution in [2.75, 3.05) is 27.9 Å². The van der Waals surface area contributed by atoms with E-state index in [4.69, 9.17) is 18.9 Å². The highest BCUT2D eigenvalue weighted by atomic mass is 32.2. The number of benzene rings is 2. The van der Waals surface area contributed by atoms with Crippen LogP contribution in [0.2, 0.25) is 0 Å². The molecule has 2 aromatic rings. The largest absolute Gasteiger partial charge is 0.497 e. The van der Waals surface area contributed by atoms with Crippen LogP contribution in [0, 0.1) is 0 Å². The van der Waals surface area contributed by atoms with Gasteiger partial charge in [-0.1, -0.05) is 12.1 Å². The standard InChI is InChI=1S/C17H20N2O7S/c1-23-12-8-9-15(25-3)16(10-12)27(21,22)19-18-17(20)11-26-14-7-5-4-6-13(14)24-2/h4-10,19H,11H2,1-3H3,(H,18,20). The minimum absolute atomic E-state index is 0.0998. The molecule has 0 bridgehead atoms. The molecule has 10 heteroatoms. The number of methoxy groups -OCH3 is 3. The van der Waals surface area contributed by atoms with E-state index in [0.717, 1.165) is 0 Å². The van der Waals surface area contributed by atoms with Gasteiger partial charge in [0.15, 0.2) is 18.1 Å². The van der Waals surface area contributed by atoms with Crippen LogP contribution in [0.5, 0.6) is 23.0 Å². The Balaban J connectivity index is 2.01. The fourth-order valence-electron chi connectivity index (χ4n) is 2.09. The molecule has 146 valence electrons. The van der Waals surface area contributed by atoms with E-state index in [0.29, 0.717) is 17.2 Å². The second kappa shape index (κ2) is 9.10. The van der Waals surface area contributed by atoms with Crippen LogP contribution in [-0.2, 0) is 14.8 Å². The lowest BCUT2D eigenvalue weighted by atomic mass is 10.3. The maximum atomic E-state index is 12.4. The highest BCUT2D eigenvalue weighted by Crippen LogP contribution is 2.28. The summed E-state index contributed by atoms with van der Waals surface area (Å²) in [5.41, 5.74) is 2.08. The average Bonchev–Trinajstić information content (AvgIpc) is 2.70. The summed E-state index contributed by atoms with van der Waals surface area (Å²) < 4.78 is 45.4. The predicted molar refractivity (Wildman–Crippen MR) is 96.5 cm³/mol. The molecule has 1 amide bonds. The Morgan fingerprint density at radius 1 is 0.926 bits per heavy atom. The molecule has 0 radical (unpaired) electrons. The Kier molecular flexibility index (Phi) is 6.85. The van der Waals surface area contributed by atoms with Gasteiger partial charge in [0.1, 0.15) is 16.4 Å². The van der Waals surface area contributed by atoms with Crippen molar-refractivity contribution >= 4 is 15.9 Å². The van der Waals surface area contributed by atoms with E-state index in [1.807, 2.05) is 4.83 Å². The quantitative estimate of drug-likeness (QED) is 0.611. The van der Waals surface area contributed by atoms with Gasteiger partial charge in [-0.05, 0) is 24.3 Å². The van der Waals surface area contributed by atoms with E-state index in [1.54, 1.807) is 30.3 Å². The first-order valence-electron chi connectivity index (χ1n) is 7.69. The van der Waals surface area contributed by atoms with E-state index < -0.39 is 22.5 Å². The third kappa shape index (κ3) is 5.25. The lowest BCUT2D eigenvalue weighted by Gasteiger charge is -2.13. The van der Waals surface area contributed by atoms with Crippen molar-refractivity contribution in [2.24, 2.45) is 0 Å². The van der Waals surface area contributed by atoms with Crippen LogP contribution in [-0.4, -0.2) is 42.3 Å². The molecule has 2 aromatic carbocycles. The summed E-state index contributed by atoms with van der Waals surface area (Å²) in [6, 6.07) is 11.0. The van der Waals surface area contributed by atoms with E-state index >= 15 is 0 Å². The van der Waals surface area contributed by atoms with Crippen LogP contribution in [0.15, 0.2) is 47.4 Å². The van der Waals surface area contributed by atoms with Gasteiger partial charge in [0.25, 0.3) is 15.9 Å². The topological polar surface area (TPSA) is 112 Å². The van der Waals surface area contributed by atoms with Gasteiger partial charge in [-0.3, -0.25) is 10.2 Å². The van der Waals surface area contributed by atoms with Gasteiger partial charge in [0.2, 0.25) is 0 Å². The van der Waals surface area contributed by atoms with Crippen molar-refractivity contribution in [1.29, 1.82) is 0 Å². The van der Waals surface area contributed by atoms with Crippen molar-refractivity contribution in [2.45, 2.75) is 4.90 Å². The average molecular weight is 396 g/mol. The molecular weight excluding hydrogens is 376 g/mol. The minimum Gasteiger partial charge on any atom is -0.497 e. The molecule has 0 unspecified atom stereocenters. The highest BCUT2D eigenvalue weighted by Gasteiger charge is 2.21. The first-order valence-corrected chi connectivity index (χ1v) is 9.18. The molecule has 0 aliphatic carbocycles. The number of rotatable bonds is 9. The molecule has 0 spiro atoms. The zero-order valence-electron chi connectivity index (χ0n) is 15.0. The number of amides is 1. The lowest BCUT2D eigenvalue weighted by Crippen LogP contribution is -2.43. The summed E-state index contributed by atoms with van der Waals surface area (Å²) in [6.45, 7) is -0.419. The molecule has 0 aliphatic heterocycles. The Hall–Kier alpha value is -2.98. The molecule has 9 nitrogen and oxygen atoms in total. The lowest BCUT2D eigenvalue weighted by molar-refractivity contribution is -0.123. The summed E-state index contributed by atoms with van der Waals surface area (Å²) in [5.74, 6) is 0.524. The van der Waals surface area contributed by atoms with Gasteiger partial charge in [-0.25, -0.2) is 8.42 Å². The zero-order chi connectivity index (χ0) is 19.9. The van der Waals surface area contributed by atoms with Crippen molar-refractivity contribution in [3.63, 3.8) is 0 Å². The second-order valence-corrected chi connectivity index (χ2v) is 6.76. The highest BCUT2D eigenvalue weighted by molar-refractivity contribution is 7.89. The van der Waals surface area contributed by atoms with E-state index in [1.165, 1.54) is 33.5 Å². The van der Waals surface area contributed by atoms with Gasteiger partial charge in [0.05, 0.1) is 21.3 Å². The number of nitrogens with one attached hydrogen (secondary N) is 2. The Morgan fingerprint density at radius 3 is 2.22 bits per heavy atom. The smallest absolute Gasteiger partial charge is 0.272 e. The van der Waals surface area contributed by atoms with Crippen LogP contribution in [0.4, 0.5) is 0 Å². The molecule has 2 rings (SSSR count). The van der Waals surface area contributed by atoms with E-state index in [-0.39, 0.29) is 10.6 Å². The number of sulfonamides is 1. The molecule has 2 N–H and O–H groups in total. The molecule has 0 saturated carbocycles. The number of hydrogen-bond donors (Lipinski definition) is 2. The van der Waals surface area contributed by atoms with Crippen LogP contribution in [0.1, 0.15) is 0 Å².